The molecular weight excluding hydrogens is 236 g/mol. The standard InChI is InChI=1S/C16H18N2O/c1-2-14(17)15-9-11-5-3-7-13(16(11)19-15)12-6-4-8-18-10-12/h3-8,10,14-15H,2,9,17H2,1H3. The molecule has 19 heavy (non-hydrogen) atoms. The average molecular weight is 254 g/mol. The van der Waals surface area contributed by atoms with Crippen molar-refractivity contribution < 1.29 is 4.74 Å². The van der Waals surface area contributed by atoms with Gasteiger partial charge in [0.2, 0.25) is 0 Å². The molecule has 98 valence electrons. The summed E-state index contributed by atoms with van der Waals surface area (Å²) in [6.45, 7) is 2.10. The van der Waals surface area contributed by atoms with Crippen molar-refractivity contribution in [2.45, 2.75) is 31.9 Å². The molecule has 2 aromatic rings. The van der Waals surface area contributed by atoms with Crippen molar-refractivity contribution in [3.05, 3.63) is 48.3 Å². The molecule has 1 aromatic heterocycles. The van der Waals surface area contributed by atoms with Crippen LogP contribution in [0.15, 0.2) is 42.7 Å². The average Bonchev–Trinajstić information content (AvgIpc) is 2.91. The maximum absolute atomic E-state index is 6.11. The van der Waals surface area contributed by atoms with Gasteiger partial charge in [-0.15, -0.1) is 0 Å². The van der Waals surface area contributed by atoms with E-state index in [0.29, 0.717) is 0 Å². The first kappa shape index (κ1) is 12.2. The van der Waals surface area contributed by atoms with E-state index in [2.05, 4.69) is 36.2 Å². The molecule has 2 heterocycles. The van der Waals surface area contributed by atoms with E-state index in [1.165, 1.54) is 5.56 Å². The first-order valence-corrected chi connectivity index (χ1v) is 6.74. The summed E-state index contributed by atoms with van der Waals surface area (Å²) in [7, 11) is 0. The van der Waals surface area contributed by atoms with Crippen LogP contribution in [0.1, 0.15) is 18.9 Å². The molecule has 0 bridgehead atoms. The number of aromatic nitrogens is 1. The number of para-hydroxylation sites is 1. The van der Waals surface area contributed by atoms with Gasteiger partial charge in [0, 0.05) is 36.0 Å². The third-order valence-corrected chi connectivity index (χ3v) is 3.71. The molecule has 0 fully saturated rings. The maximum atomic E-state index is 6.11. The predicted octanol–water partition coefficient (Wildman–Crippen LogP) is 2.79. The maximum Gasteiger partial charge on any atom is 0.131 e. The number of fused-ring (bicyclic) bond motifs is 1. The Morgan fingerprint density at radius 2 is 2.26 bits per heavy atom. The SMILES string of the molecule is CCC(N)C1Cc2cccc(-c3cccnc3)c2O1. The van der Waals surface area contributed by atoms with Crippen LogP contribution in [0.2, 0.25) is 0 Å². The smallest absolute Gasteiger partial charge is 0.131 e. The quantitative estimate of drug-likeness (QED) is 0.916. The van der Waals surface area contributed by atoms with Gasteiger partial charge in [-0.05, 0) is 18.1 Å². The number of nitrogens with zero attached hydrogens (tertiary/aromatic N) is 1. The number of rotatable bonds is 3. The summed E-state index contributed by atoms with van der Waals surface area (Å²) in [6, 6.07) is 10.4. The zero-order valence-electron chi connectivity index (χ0n) is 11.0. The van der Waals surface area contributed by atoms with Gasteiger partial charge in [0.1, 0.15) is 11.9 Å². The summed E-state index contributed by atoms with van der Waals surface area (Å²) in [5.41, 5.74) is 9.55. The van der Waals surface area contributed by atoms with Crippen LogP contribution in [-0.2, 0) is 6.42 Å². The van der Waals surface area contributed by atoms with Crippen LogP contribution in [0, 0.1) is 0 Å². The second-order valence-electron chi connectivity index (χ2n) is 4.97. The Morgan fingerprint density at radius 3 is 3.00 bits per heavy atom. The summed E-state index contributed by atoms with van der Waals surface area (Å²) >= 11 is 0. The van der Waals surface area contributed by atoms with Gasteiger partial charge in [-0.1, -0.05) is 31.2 Å². The molecule has 3 heteroatoms. The number of benzene rings is 1. The molecule has 0 aliphatic carbocycles. The molecule has 3 rings (SSSR count). The van der Waals surface area contributed by atoms with Gasteiger partial charge in [0.25, 0.3) is 0 Å². The third kappa shape index (κ3) is 2.22. The van der Waals surface area contributed by atoms with E-state index < -0.39 is 0 Å². The van der Waals surface area contributed by atoms with Crippen LogP contribution in [0.5, 0.6) is 5.75 Å². The topological polar surface area (TPSA) is 48.1 Å². The van der Waals surface area contributed by atoms with E-state index in [1.54, 1.807) is 6.20 Å². The van der Waals surface area contributed by atoms with Crippen LogP contribution in [0.25, 0.3) is 11.1 Å². The van der Waals surface area contributed by atoms with Crippen molar-refractivity contribution in [2.75, 3.05) is 0 Å². The number of ether oxygens (including phenoxy) is 1. The van der Waals surface area contributed by atoms with E-state index in [-0.39, 0.29) is 12.1 Å². The van der Waals surface area contributed by atoms with Crippen LogP contribution < -0.4 is 10.5 Å². The Kier molecular flexibility index (Phi) is 3.22. The predicted molar refractivity (Wildman–Crippen MR) is 76.1 cm³/mol. The molecule has 2 atom stereocenters. The normalized spacial score (nSPS) is 18.7. The van der Waals surface area contributed by atoms with Gasteiger partial charge in [0.05, 0.1) is 0 Å². The molecule has 2 N–H and O–H groups in total. The fourth-order valence-corrected chi connectivity index (χ4v) is 2.55. The Bertz CT molecular complexity index is 568. The number of pyridine rings is 1. The minimum Gasteiger partial charge on any atom is -0.488 e. The highest BCUT2D eigenvalue weighted by Crippen LogP contribution is 2.39. The van der Waals surface area contributed by atoms with E-state index in [1.807, 2.05) is 12.3 Å². The van der Waals surface area contributed by atoms with Crippen LogP contribution in [0.4, 0.5) is 0 Å². The molecule has 0 amide bonds. The van der Waals surface area contributed by atoms with Crippen molar-refractivity contribution in [3.8, 4) is 16.9 Å². The Hall–Kier alpha value is -1.87. The highest BCUT2D eigenvalue weighted by atomic mass is 16.5. The van der Waals surface area contributed by atoms with Gasteiger partial charge >= 0.3 is 0 Å². The molecule has 1 aliphatic heterocycles. The molecule has 0 saturated carbocycles. The highest BCUT2D eigenvalue weighted by Gasteiger charge is 2.29. The fraction of sp³-hybridized carbons (Fsp3) is 0.312. The first-order chi connectivity index (χ1) is 9.29. The first-order valence-electron chi connectivity index (χ1n) is 6.74. The van der Waals surface area contributed by atoms with Crippen molar-refractivity contribution in [2.24, 2.45) is 5.73 Å². The highest BCUT2D eigenvalue weighted by molar-refractivity contribution is 5.72. The monoisotopic (exact) mass is 254 g/mol. The fourth-order valence-electron chi connectivity index (χ4n) is 2.55. The Balaban J connectivity index is 1.98. The minimum absolute atomic E-state index is 0.0918. The van der Waals surface area contributed by atoms with E-state index >= 15 is 0 Å². The Labute approximate surface area is 113 Å². The number of nitrogens with two attached hydrogens (primary N) is 1. The van der Waals surface area contributed by atoms with Crippen molar-refractivity contribution in [1.82, 2.24) is 4.98 Å². The van der Waals surface area contributed by atoms with Gasteiger partial charge in [0.15, 0.2) is 0 Å². The van der Waals surface area contributed by atoms with E-state index in [9.17, 15) is 0 Å². The molecular formula is C16H18N2O. The zero-order chi connectivity index (χ0) is 13.2. The molecule has 0 radical (unpaired) electrons. The van der Waals surface area contributed by atoms with E-state index in [0.717, 1.165) is 29.7 Å². The van der Waals surface area contributed by atoms with Crippen molar-refractivity contribution in [1.29, 1.82) is 0 Å². The van der Waals surface area contributed by atoms with E-state index in [4.69, 9.17) is 10.5 Å². The van der Waals surface area contributed by atoms with Crippen LogP contribution in [0.3, 0.4) is 0 Å². The van der Waals surface area contributed by atoms with Crippen molar-refractivity contribution in [3.63, 3.8) is 0 Å². The molecule has 3 nitrogen and oxygen atoms in total. The number of hydrogen-bond donors (Lipinski definition) is 1. The van der Waals surface area contributed by atoms with Gasteiger partial charge in [-0.2, -0.15) is 0 Å². The summed E-state index contributed by atoms with van der Waals surface area (Å²) < 4.78 is 6.09. The van der Waals surface area contributed by atoms with Crippen LogP contribution >= 0.6 is 0 Å². The summed E-state index contributed by atoms with van der Waals surface area (Å²) in [5, 5.41) is 0. The summed E-state index contributed by atoms with van der Waals surface area (Å²) in [4.78, 5) is 4.18. The van der Waals surface area contributed by atoms with Gasteiger partial charge < -0.3 is 10.5 Å². The lowest BCUT2D eigenvalue weighted by atomic mass is 10.00. The van der Waals surface area contributed by atoms with Gasteiger partial charge in [-0.25, -0.2) is 0 Å². The number of hydrogen-bond acceptors (Lipinski definition) is 3. The minimum atomic E-state index is 0.0918. The largest absolute Gasteiger partial charge is 0.488 e. The van der Waals surface area contributed by atoms with Crippen molar-refractivity contribution >= 4 is 0 Å². The molecule has 1 aliphatic rings. The zero-order valence-corrected chi connectivity index (χ0v) is 11.0. The molecule has 0 spiro atoms. The lowest BCUT2D eigenvalue weighted by Crippen LogP contribution is -2.37. The molecule has 0 saturated heterocycles. The third-order valence-electron chi connectivity index (χ3n) is 3.71. The second kappa shape index (κ2) is 5.02. The van der Waals surface area contributed by atoms with Gasteiger partial charge in [-0.3, -0.25) is 4.98 Å². The lowest BCUT2D eigenvalue weighted by molar-refractivity contribution is 0.197. The second-order valence-corrected chi connectivity index (χ2v) is 4.97. The summed E-state index contributed by atoms with van der Waals surface area (Å²) in [6.07, 6.45) is 5.58. The molecule has 2 unspecified atom stereocenters. The van der Waals surface area contributed by atoms with Crippen LogP contribution in [-0.4, -0.2) is 17.1 Å². The molecule has 1 aromatic carbocycles. The summed E-state index contributed by atoms with van der Waals surface area (Å²) in [5.74, 6) is 0.976. The Morgan fingerprint density at radius 1 is 1.37 bits per heavy atom. The lowest BCUT2D eigenvalue weighted by Gasteiger charge is -2.17.